The Morgan fingerprint density at radius 3 is 2.83 bits per heavy atom. The second kappa shape index (κ2) is 5.46. The maximum Gasteiger partial charge on any atom is 0.106 e. The molecule has 0 aliphatic heterocycles. The van der Waals surface area contributed by atoms with E-state index in [4.69, 9.17) is 18.0 Å². The summed E-state index contributed by atoms with van der Waals surface area (Å²) < 4.78 is 0.978. The number of thiocarbonyl (C=S) groups is 1. The topological polar surface area (TPSA) is 50.9 Å². The molecular formula is C13H12BrN3S. The van der Waals surface area contributed by atoms with E-state index in [0.717, 1.165) is 21.4 Å². The van der Waals surface area contributed by atoms with Crippen LogP contribution in [-0.2, 0) is 0 Å². The highest BCUT2D eigenvalue weighted by atomic mass is 79.9. The van der Waals surface area contributed by atoms with Gasteiger partial charge in [-0.05, 0) is 46.6 Å². The van der Waals surface area contributed by atoms with Crippen LogP contribution in [0.1, 0.15) is 11.1 Å². The highest BCUT2D eigenvalue weighted by Gasteiger charge is 2.07. The molecular weight excluding hydrogens is 310 g/mol. The maximum absolute atomic E-state index is 5.69. The third kappa shape index (κ3) is 2.86. The number of pyridine rings is 1. The Morgan fingerprint density at radius 2 is 2.11 bits per heavy atom. The van der Waals surface area contributed by atoms with Gasteiger partial charge < -0.3 is 11.1 Å². The van der Waals surface area contributed by atoms with Crippen molar-refractivity contribution in [3.63, 3.8) is 0 Å². The van der Waals surface area contributed by atoms with Crippen LogP contribution in [0.3, 0.4) is 0 Å². The van der Waals surface area contributed by atoms with Crippen molar-refractivity contribution in [2.75, 3.05) is 5.32 Å². The third-order valence-corrected chi connectivity index (χ3v) is 3.39. The van der Waals surface area contributed by atoms with E-state index in [0.29, 0.717) is 4.99 Å². The number of benzene rings is 1. The average Bonchev–Trinajstić information content (AvgIpc) is 2.34. The van der Waals surface area contributed by atoms with Gasteiger partial charge in [0, 0.05) is 16.2 Å². The predicted octanol–water partition coefficient (Wildman–Crippen LogP) is 3.53. The second-order valence-corrected chi connectivity index (χ2v) is 5.19. The SMILES string of the molecule is Cc1ccc(Br)c(Nc2cnccc2C(N)=S)c1. The van der Waals surface area contributed by atoms with Crippen molar-refractivity contribution >= 4 is 44.5 Å². The molecule has 0 amide bonds. The zero-order valence-corrected chi connectivity index (χ0v) is 12.2. The quantitative estimate of drug-likeness (QED) is 0.849. The van der Waals surface area contributed by atoms with Crippen molar-refractivity contribution in [3.8, 4) is 0 Å². The summed E-state index contributed by atoms with van der Waals surface area (Å²) >= 11 is 8.53. The smallest absolute Gasteiger partial charge is 0.106 e. The summed E-state index contributed by atoms with van der Waals surface area (Å²) in [4.78, 5) is 4.43. The lowest BCUT2D eigenvalue weighted by Crippen LogP contribution is -2.12. The van der Waals surface area contributed by atoms with Crippen LogP contribution in [0.15, 0.2) is 41.1 Å². The van der Waals surface area contributed by atoms with Crippen LogP contribution >= 0.6 is 28.1 Å². The van der Waals surface area contributed by atoms with Crippen LogP contribution in [0.2, 0.25) is 0 Å². The molecule has 0 saturated carbocycles. The Balaban J connectivity index is 2.40. The van der Waals surface area contributed by atoms with Crippen LogP contribution in [0.4, 0.5) is 11.4 Å². The Bertz CT molecular complexity index is 599. The lowest BCUT2D eigenvalue weighted by molar-refractivity contribution is 1.31. The Morgan fingerprint density at radius 1 is 1.33 bits per heavy atom. The summed E-state index contributed by atoms with van der Waals surface area (Å²) in [6.07, 6.45) is 3.38. The summed E-state index contributed by atoms with van der Waals surface area (Å²) in [7, 11) is 0. The summed E-state index contributed by atoms with van der Waals surface area (Å²) in [6, 6.07) is 7.87. The number of rotatable bonds is 3. The van der Waals surface area contributed by atoms with Crippen molar-refractivity contribution < 1.29 is 0 Å². The van der Waals surface area contributed by atoms with Crippen LogP contribution in [0.25, 0.3) is 0 Å². The molecule has 92 valence electrons. The van der Waals surface area contributed by atoms with Gasteiger partial charge >= 0.3 is 0 Å². The molecule has 1 heterocycles. The van der Waals surface area contributed by atoms with E-state index in [9.17, 15) is 0 Å². The summed E-state index contributed by atoms with van der Waals surface area (Å²) in [5.74, 6) is 0. The summed E-state index contributed by atoms with van der Waals surface area (Å²) in [5, 5.41) is 3.29. The first kappa shape index (κ1) is 13.0. The second-order valence-electron chi connectivity index (χ2n) is 3.89. The lowest BCUT2D eigenvalue weighted by Gasteiger charge is -2.12. The normalized spacial score (nSPS) is 10.1. The van der Waals surface area contributed by atoms with Crippen molar-refractivity contribution in [1.82, 2.24) is 4.98 Å². The number of hydrogen-bond acceptors (Lipinski definition) is 3. The van der Waals surface area contributed by atoms with Gasteiger partial charge in [-0.15, -0.1) is 0 Å². The fraction of sp³-hybridized carbons (Fsp3) is 0.0769. The van der Waals surface area contributed by atoms with Gasteiger partial charge in [-0.25, -0.2) is 0 Å². The number of nitrogens with one attached hydrogen (secondary N) is 1. The average molecular weight is 322 g/mol. The molecule has 2 aromatic rings. The van der Waals surface area contributed by atoms with Crippen molar-refractivity contribution in [2.24, 2.45) is 5.73 Å². The van der Waals surface area contributed by atoms with Crippen molar-refractivity contribution in [2.45, 2.75) is 6.92 Å². The standard InChI is InChI=1S/C13H12BrN3S/c1-8-2-3-10(14)11(6-8)17-12-7-16-5-4-9(12)13(15)18/h2-7,17H,1H3,(H2,15,18). The number of nitrogens with two attached hydrogens (primary N) is 1. The van der Waals surface area contributed by atoms with Gasteiger partial charge in [0.05, 0.1) is 17.6 Å². The minimum Gasteiger partial charge on any atom is -0.389 e. The van der Waals surface area contributed by atoms with Crippen LogP contribution in [0.5, 0.6) is 0 Å². The van der Waals surface area contributed by atoms with Crippen LogP contribution in [0, 0.1) is 6.92 Å². The van der Waals surface area contributed by atoms with E-state index in [-0.39, 0.29) is 0 Å². The lowest BCUT2D eigenvalue weighted by atomic mass is 10.2. The zero-order valence-electron chi connectivity index (χ0n) is 9.77. The van der Waals surface area contributed by atoms with E-state index in [1.165, 1.54) is 5.56 Å². The molecule has 0 unspecified atom stereocenters. The fourth-order valence-corrected chi connectivity index (χ4v) is 2.11. The van der Waals surface area contributed by atoms with Crippen LogP contribution < -0.4 is 11.1 Å². The summed E-state index contributed by atoms with van der Waals surface area (Å²) in [6.45, 7) is 2.04. The number of hydrogen-bond donors (Lipinski definition) is 2. The molecule has 0 fully saturated rings. The van der Waals surface area contributed by atoms with E-state index in [1.54, 1.807) is 18.5 Å². The van der Waals surface area contributed by atoms with E-state index in [1.807, 2.05) is 25.1 Å². The Hall–Kier alpha value is -1.46. The molecule has 18 heavy (non-hydrogen) atoms. The van der Waals surface area contributed by atoms with Gasteiger partial charge in [-0.2, -0.15) is 0 Å². The molecule has 0 bridgehead atoms. The first-order valence-corrected chi connectivity index (χ1v) is 6.55. The van der Waals surface area contributed by atoms with Gasteiger partial charge in [0.1, 0.15) is 4.99 Å². The van der Waals surface area contributed by atoms with Gasteiger partial charge in [-0.3, -0.25) is 4.98 Å². The molecule has 0 aliphatic rings. The predicted molar refractivity (Wildman–Crippen MR) is 82.3 cm³/mol. The first-order valence-electron chi connectivity index (χ1n) is 5.35. The zero-order chi connectivity index (χ0) is 13.1. The number of halogens is 1. The molecule has 3 N–H and O–H groups in total. The fourth-order valence-electron chi connectivity index (χ4n) is 1.59. The minimum absolute atomic E-state index is 0.351. The number of nitrogens with zero attached hydrogens (tertiary/aromatic N) is 1. The maximum atomic E-state index is 5.69. The van der Waals surface area contributed by atoms with Gasteiger partial charge in [0.2, 0.25) is 0 Å². The Kier molecular flexibility index (Phi) is 3.93. The highest BCUT2D eigenvalue weighted by Crippen LogP contribution is 2.28. The first-order chi connectivity index (χ1) is 8.58. The van der Waals surface area contributed by atoms with Crippen LogP contribution in [-0.4, -0.2) is 9.97 Å². The number of aryl methyl sites for hydroxylation is 1. The molecule has 2 rings (SSSR count). The molecule has 0 saturated heterocycles. The van der Waals surface area contributed by atoms with Gasteiger partial charge in [0.15, 0.2) is 0 Å². The minimum atomic E-state index is 0.351. The summed E-state index contributed by atoms with van der Waals surface area (Å²) in [5.41, 5.74) is 9.40. The number of aromatic nitrogens is 1. The molecule has 1 aromatic heterocycles. The molecule has 5 heteroatoms. The third-order valence-electron chi connectivity index (χ3n) is 2.48. The van der Waals surface area contributed by atoms with Crippen molar-refractivity contribution in [3.05, 3.63) is 52.3 Å². The van der Waals surface area contributed by atoms with E-state index < -0.39 is 0 Å². The molecule has 0 spiro atoms. The molecule has 3 nitrogen and oxygen atoms in total. The van der Waals surface area contributed by atoms with Gasteiger partial charge in [-0.1, -0.05) is 18.3 Å². The highest BCUT2D eigenvalue weighted by molar-refractivity contribution is 9.10. The van der Waals surface area contributed by atoms with E-state index >= 15 is 0 Å². The van der Waals surface area contributed by atoms with Crippen molar-refractivity contribution in [1.29, 1.82) is 0 Å². The Labute approximate surface area is 120 Å². The number of anilines is 2. The molecule has 0 radical (unpaired) electrons. The van der Waals surface area contributed by atoms with Gasteiger partial charge in [0.25, 0.3) is 0 Å². The molecule has 0 aliphatic carbocycles. The monoisotopic (exact) mass is 321 g/mol. The van der Waals surface area contributed by atoms with E-state index in [2.05, 4.69) is 26.2 Å². The molecule has 1 aromatic carbocycles. The largest absolute Gasteiger partial charge is 0.389 e. The molecule has 0 atom stereocenters.